The van der Waals surface area contributed by atoms with Gasteiger partial charge in [0, 0.05) is 12.8 Å². The second kappa shape index (κ2) is 4.24. The fourth-order valence-electron chi connectivity index (χ4n) is 0.226. The summed E-state index contributed by atoms with van der Waals surface area (Å²) in [5, 5.41) is 17.1. The molecule has 0 spiro atoms. The van der Waals surface area contributed by atoms with Crippen LogP contribution in [0.4, 0.5) is 0 Å². The number of halogens is 1. The highest BCUT2D eigenvalue weighted by Crippen LogP contribution is 1.98. The van der Waals surface area contributed by atoms with Crippen LogP contribution in [0.5, 0.6) is 0 Å². The standard InChI is InChI=1S/C4H9ClO3Si/c1-4(6,7)8-9-3-2-5/h6-7H,2-3H2,1H3. The third kappa shape index (κ3) is 8.39. The van der Waals surface area contributed by atoms with Crippen molar-refractivity contribution in [3.05, 3.63) is 0 Å². The maximum Gasteiger partial charge on any atom is 0.265 e. The first-order chi connectivity index (χ1) is 4.06. The molecule has 0 fully saturated rings. The molecule has 0 aliphatic heterocycles. The lowest BCUT2D eigenvalue weighted by Crippen LogP contribution is -2.28. The summed E-state index contributed by atoms with van der Waals surface area (Å²) in [6.07, 6.45) is 0. The Morgan fingerprint density at radius 1 is 1.67 bits per heavy atom. The molecule has 0 saturated carbocycles. The van der Waals surface area contributed by atoms with E-state index in [1.807, 2.05) is 0 Å². The van der Waals surface area contributed by atoms with Crippen molar-refractivity contribution in [2.75, 3.05) is 5.88 Å². The van der Waals surface area contributed by atoms with Crippen molar-refractivity contribution in [2.45, 2.75) is 18.9 Å². The van der Waals surface area contributed by atoms with Crippen LogP contribution < -0.4 is 0 Å². The molecule has 9 heavy (non-hydrogen) atoms. The van der Waals surface area contributed by atoms with E-state index in [2.05, 4.69) is 4.43 Å². The number of hydrogen-bond acceptors (Lipinski definition) is 3. The monoisotopic (exact) mass is 168 g/mol. The predicted octanol–water partition coefficient (Wildman–Crippen LogP) is -0.0624. The number of hydrogen-bond donors (Lipinski definition) is 2. The average molecular weight is 169 g/mol. The molecule has 2 radical (unpaired) electrons. The summed E-state index contributed by atoms with van der Waals surface area (Å²) in [6.45, 7) is 1.16. The van der Waals surface area contributed by atoms with Crippen LogP contribution in [0.25, 0.3) is 0 Å². The third-order valence-electron chi connectivity index (χ3n) is 0.462. The smallest absolute Gasteiger partial charge is 0.265 e. The lowest BCUT2D eigenvalue weighted by molar-refractivity contribution is -0.279. The van der Waals surface area contributed by atoms with E-state index in [1.54, 1.807) is 0 Å². The van der Waals surface area contributed by atoms with E-state index in [9.17, 15) is 0 Å². The van der Waals surface area contributed by atoms with Crippen molar-refractivity contribution in [3.8, 4) is 0 Å². The molecule has 0 bridgehead atoms. The minimum absolute atomic E-state index is 0.0517. The van der Waals surface area contributed by atoms with Gasteiger partial charge in [-0.3, -0.25) is 0 Å². The van der Waals surface area contributed by atoms with Crippen LogP contribution in [0, 0.1) is 0 Å². The van der Waals surface area contributed by atoms with Gasteiger partial charge >= 0.3 is 0 Å². The minimum atomic E-state index is -2.00. The first kappa shape index (κ1) is 9.39. The van der Waals surface area contributed by atoms with Crippen LogP contribution in [0.1, 0.15) is 6.92 Å². The zero-order valence-electron chi connectivity index (χ0n) is 5.09. The van der Waals surface area contributed by atoms with Crippen molar-refractivity contribution in [3.63, 3.8) is 0 Å². The van der Waals surface area contributed by atoms with Crippen LogP contribution in [-0.4, -0.2) is 31.8 Å². The van der Waals surface area contributed by atoms with Gasteiger partial charge in [-0.1, -0.05) is 0 Å². The lowest BCUT2D eigenvalue weighted by atomic mass is 10.7. The van der Waals surface area contributed by atoms with Gasteiger partial charge < -0.3 is 14.6 Å². The molecule has 0 heterocycles. The molecule has 0 aromatic heterocycles. The topological polar surface area (TPSA) is 49.7 Å². The number of aliphatic hydroxyl groups is 2. The summed E-state index contributed by atoms with van der Waals surface area (Å²) < 4.78 is 4.52. The average Bonchev–Trinajstić information content (AvgIpc) is 1.63. The molecule has 0 unspecified atom stereocenters. The highest BCUT2D eigenvalue weighted by Gasteiger charge is 2.14. The fourth-order valence-corrected chi connectivity index (χ4v) is 0.910. The lowest BCUT2D eigenvalue weighted by Gasteiger charge is -2.14. The third-order valence-corrected chi connectivity index (χ3v) is 1.95. The molecule has 0 saturated heterocycles. The quantitative estimate of drug-likeness (QED) is 0.268. The van der Waals surface area contributed by atoms with Crippen LogP contribution in [-0.2, 0) is 4.43 Å². The molecule has 0 aromatic carbocycles. The van der Waals surface area contributed by atoms with Gasteiger partial charge in [0.2, 0.25) is 9.76 Å². The van der Waals surface area contributed by atoms with Crippen molar-refractivity contribution in [1.29, 1.82) is 0 Å². The maximum absolute atomic E-state index is 8.54. The summed E-state index contributed by atoms with van der Waals surface area (Å²) >= 11 is 5.29. The number of rotatable bonds is 4. The Bertz CT molecular complexity index is 72.7. The summed E-state index contributed by atoms with van der Waals surface area (Å²) in [5.41, 5.74) is 0. The highest BCUT2D eigenvalue weighted by atomic mass is 35.5. The molecule has 2 N–H and O–H groups in total. The normalized spacial score (nSPS) is 12.0. The zero-order valence-corrected chi connectivity index (χ0v) is 6.85. The molecule has 3 nitrogen and oxygen atoms in total. The molecular weight excluding hydrogens is 160 g/mol. The molecule has 5 heteroatoms. The second-order valence-corrected chi connectivity index (χ2v) is 2.99. The first-order valence-electron chi connectivity index (χ1n) is 2.48. The van der Waals surface area contributed by atoms with Crippen LogP contribution in [0.2, 0.25) is 6.04 Å². The Labute approximate surface area is 61.5 Å². The van der Waals surface area contributed by atoms with E-state index in [0.717, 1.165) is 6.92 Å². The maximum atomic E-state index is 8.54. The summed E-state index contributed by atoms with van der Waals surface area (Å²) in [7, 11) is 0.0517. The molecule has 54 valence electrons. The van der Waals surface area contributed by atoms with Gasteiger partial charge in [-0.2, -0.15) is 0 Å². The van der Waals surface area contributed by atoms with Crippen LogP contribution in [0.15, 0.2) is 0 Å². The van der Waals surface area contributed by atoms with Crippen LogP contribution in [0.3, 0.4) is 0 Å². The summed E-state index contributed by atoms with van der Waals surface area (Å²) in [5.74, 6) is -1.51. The fraction of sp³-hybridized carbons (Fsp3) is 1.00. The van der Waals surface area contributed by atoms with Gasteiger partial charge in [-0.15, -0.1) is 11.6 Å². The van der Waals surface area contributed by atoms with E-state index in [4.69, 9.17) is 21.8 Å². The summed E-state index contributed by atoms with van der Waals surface area (Å²) in [6, 6.07) is 0.651. The molecule has 0 aromatic rings. The Morgan fingerprint density at radius 2 is 2.22 bits per heavy atom. The van der Waals surface area contributed by atoms with Gasteiger partial charge in [0.15, 0.2) is 0 Å². The van der Waals surface area contributed by atoms with Crippen molar-refractivity contribution in [1.82, 2.24) is 0 Å². The van der Waals surface area contributed by atoms with Crippen molar-refractivity contribution >= 4 is 21.4 Å². The first-order valence-corrected chi connectivity index (χ1v) is 4.13. The molecule has 0 amide bonds. The van der Waals surface area contributed by atoms with E-state index < -0.39 is 5.97 Å². The highest BCUT2D eigenvalue weighted by molar-refractivity contribution is 6.31. The summed E-state index contributed by atoms with van der Waals surface area (Å²) in [4.78, 5) is 0. The number of alkyl halides is 1. The molecule has 0 atom stereocenters. The van der Waals surface area contributed by atoms with Gasteiger partial charge in [-0.25, -0.2) is 0 Å². The predicted molar refractivity (Wildman–Crippen MR) is 35.2 cm³/mol. The van der Waals surface area contributed by atoms with Gasteiger partial charge in [-0.05, 0) is 6.04 Å². The molecule has 0 aliphatic rings. The van der Waals surface area contributed by atoms with Crippen molar-refractivity contribution < 1.29 is 14.6 Å². The second-order valence-electron chi connectivity index (χ2n) is 1.62. The zero-order chi connectivity index (χ0) is 7.33. The van der Waals surface area contributed by atoms with Gasteiger partial charge in [0.05, 0.1) is 0 Å². The Morgan fingerprint density at radius 3 is 2.56 bits per heavy atom. The largest absolute Gasteiger partial charge is 0.370 e. The van der Waals surface area contributed by atoms with Crippen molar-refractivity contribution in [2.24, 2.45) is 0 Å². The van der Waals surface area contributed by atoms with E-state index >= 15 is 0 Å². The van der Waals surface area contributed by atoms with E-state index in [-0.39, 0.29) is 9.76 Å². The Kier molecular flexibility index (Phi) is 4.42. The van der Waals surface area contributed by atoms with E-state index in [1.165, 1.54) is 0 Å². The van der Waals surface area contributed by atoms with Gasteiger partial charge in [0.25, 0.3) is 5.97 Å². The minimum Gasteiger partial charge on any atom is -0.370 e. The van der Waals surface area contributed by atoms with Crippen LogP contribution >= 0.6 is 11.6 Å². The Balaban J connectivity index is 3.07. The molecule has 0 rings (SSSR count). The SMILES string of the molecule is CC(O)(O)O[Si]CCCl. The van der Waals surface area contributed by atoms with Gasteiger partial charge in [0.1, 0.15) is 0 Å². The molecular formula is C4H9ClO3Si. The van der Waals surface area contributed by atoms with E-state index in [0.29, 0.717) is 11.9 Å². The Hall–Kier alpha value is 0.387. The molecule has 0 aliphatic carbocycles.